The number of allylic oxidation sites excluding steroid dienone is 3. The monoisotopic (exact) mass is 196 g/mol. The van der Waals surface area contributed by atoms with Crippen LogP contribution < -0.4 is 0 Å². The van der Waals surface area contributed by atoms with Crippen molar-refractivity contribution in [2.75, 3.05) is 6.61 Å². The molecule has 0 saturated heterocycles. The van der Waals surface area contributed by atoms with Gasteiger partial charge in [-0.25, -0.2) is 0 Å². The van der Waals surface area contributed by atoms with Crippen LogP contribution in [-0.2, 0) is 14.3 Å². The number of rotatable bonds is 7. The zero-order valence-corrected chi connectivity index (χ0v) is 8.44. The summed E-state index contributed by atoms with van der Waals surface area (Å²) in [7, 11) is 0. The predicted molar refractivity (Wildman–Crippen MR) is 54.8 cm³/mol. The van der Waals surface area contributed by atoms with Gasteiger partial charge in [-0.15, -0.1) is 0 Å². The Morgan fingerprint density at radius 3 is 2.57 bits per heavy atom. The van der Waals surface area contributed by atoms with Gasteiger partial charge in [0.2, 0.25) is 0 Å². The molecule has 0 radical (unpaired) electrons. The van der Waals surface area contributed by atoms with Gasteiger partial charge in [0.1, 0.15) is 12.9 Å². The van der Waals surface area contributed by atoms with Crippen molar-refractivity contribution >= 4 is 12.3 Å². The first-order chi connectivity index (χ1) is 6.77. The molecule has 0 aliphatic rings. The van der Waals surface area contributed by atoms with Gasteiger partial charge in [-0.2, -0.15) is 0 Å². The summed E-state index contributed by atoms with van der Waals surface area (Å²) < 4.78 is 4.70. The summed E-state index contributed by atoms with van der Waals surface area (Å²) in [4.78, 5) is 20.2. The maximum absolute atomic E-state index is 10.4. The number of hydrogen-bond acceptors (Lipinski definition) is 3. The quantitative estimate of drug-likeness (QED) is 0.206. The number of unbranched alkanes of at least 4 members (excludes halogenated alkanes) is 2. The Morgan fingerprint density at radius 2 is 1.93 bits per heavy atom. The molecule has 0 bridgehead atoms. The Bertz CT molecular complexity index is 217. The Balaban J connectivity index is 3.22. The molecule has 3 nitrogen and oxygen atoms in total. The van der Waals surface area contributed by atoms with Crippen LogP contribution in [0.3, 0.4) is 0 Å². The molecular weight excluding hydrogens is 180 g/mol. The first kappa shape index (κ1) is 12.6. The summed E-state index contributed by atoms with van der Waals surface area (Å²) >= 11 is 0. The van der Waals surface area contributed by atoms with Crippen LogP contribution >= 0.6 is 0 Å². The molecule has 0 unspecified atom stereocenters. The van der Waals surface area contributed by atoms with E-state index in [1.54, 1.807) is 0 Å². The fourth-order valence-corrected chi connectivity index (χ4v) is 0.857. The average Bonchev–Trinajstić information content (AvgIpc) is 2.15. The molecule has 14 heavy (non-hydrogen) atoms. The number of carbonyl (C=O) groups is 2. The second-order valence-corrected chi connectivity index (χ2v) is 2.77. The van der Waals surface area contributed by atoms with E-state index in [-0.39, 0.29) is 5.97 Å². The van der Waals surface area contributed by atoms with E-state index in [9.17, 15) is 9.59 Å². The van der Waals surface area contributed by atoms with Gasteiger partial charge < -0.3 is 4.74 Å². The van der Waals surface area contributed by atoms with Crippen LogP contribution in [0.1, 0.15) is 26.2 Å². The third-order valence-corrected chi connectivity index (χ3v) is 1.51. The van der Waals surface area contributed by atoms with Gasteiger partial charge in [0.05, 0.1) is 0 Å². The molecule has 0 atom stereocenters. The van der Waals surface area contributed by atoms with Crippen LogP contribution in [0.2, 0.25) is 0 Å². The molecule has 0 aromatic rings. The molecule has 0 aromatic carbocycles. The zero-order valence-electron chi connectivity index (χ0n) is 8.44. The molecule has 0 heterocycles. The van der Waals surface area contributed by atoms with E-state index in [0.29, 0.717) is 6.61 Å². The standard InChI is InChI=1S/C11H16O3/c1-11(13)14-10-8-6-4-2-3-5-7-9-12/h5-9H,2-4,10H2,1H3/b7-5+,8-6+. The molecule has 0 N–H and O–H groups in total. The third kappa shape index (κ3) is 10.6. The summed E-state index contributed by atoms with van der Waals surface area (Å²) in [6, 6.07) is 0. The van der Waals surface area contributed by atoms with E-state index in [1.807, 2.05) is 18.2 Å². The fraction of sp³-hybridized carbons (Fsp3) is 0.455. The molecule has 0 aromatic heterocycles. The lowest BCUT2D eigenvalue weighted by atomic mass is 10.2. The highest BCUT2D eigenvalue weighted by atomic mass is 16.5. The number of hydrogen-bond donors (Lipinski definition) is 0. The van der Waals surface area contributed by atoms with Crippen LogP contribution in [-0.4, -0.2) is 18.9 Å². The first-order valence-electron chi connectivity index (χ1n) is 4.66. The molecular formula is C11H16O3. The molecule has 0 aliphatic carbocycles. The Kier molecular flexibility index (Phi) is 8.75. The van der Waals surface area contributed by atoms with Crippen LogP contribution in [0.25, 0.3) is 0 Å². The highest BCUT2D eigenvalue weighted by Gasteiger charge is 1.86. The van der Waals surface area contributed by atoms with Crippen molar-refractivity contribution in [2.24, 2.45) is 0 Å². The van der Waals surface area contributed by atoms with Gasteiger partial charge >= 0.3 is 5.97 Å². The van der Waals surface area contributed by atoms with Gasteiger partial charge in [0.15, 0.2) is 0 Å². The van der Waals surface area contributed by atoms with Gasteiger partial charge in [0.25, 0.3) is 0 Å². The maximum Gasteiger partial charge on any atom is 0.302 e. The number of ether oxygens (including phenoxy) is 1. The molecule has 0 fully saturated rings. The number of carbonyl (C=O) groups excluding carboxylic acids is 2. The van der Waals surface area contributed by atoms with Crippen LogP contribution in [0.15, 0.2) is 24.3 Å². The van der Waals surface area contributed by atoms with Crippen molar-refractivity contribution in [3.05, 3.63) is 24.3 Å². The van der Waals surface area contributed by atoms with Gasteiger partial charge in [-0.05, 0) is 25.3 Å². The van der Waals surface area contributed by atoms with E-state index in [4.69, 9.17) is 4.74 Å². The van der Waals surface area contributed by atoms with Crippen molar-refractivity contribution < 1.29 is 14.3 Å². The molecule has 0 rings (SSSR count). The molecule has 3 heteroatoms. The summed E-state index contributed by atoms with van der Waals surface area (Å²) in [5, 5.41) is 0. The van der Waals surface area contributed by atoms with Gasteiger partial charge in [-0.1, -0.05) is 18.2 Å². The van der Waals surface area contributed by atoms with Crippen molar-refractivity contribution in [1.29, 1.82) is 0 Å². The zero-order chi connectivity index (χ0) is 10.6. The molecule has 0 aliphatic heterocycles. The smallest absolute Gasteiger partial charge is 0.302 e. The normalized spacial score (nSPS) is 10.9. The van der Waals surface area contributed by atoms with Crippen LogP contribution in [0, 0.1) is 0 Å². The Labute approximate surface area is 84.4 Å². The molecule has 0 saturated carbocycles. The number of esters is 1. The largest absolute Gasteiger partial charge is 0.462 e. The maximum atomic E-state index is 10.4. The third-order valence-electron chi connectivity index (χ3n) is 1.51. The fourth-order valence-electron chi connectivity index (χ4n) is 0.857. The Morgan fingerprint density at radius 1 is 1.21 bits per heavy atom. The van der Waals surface area contributed by atoms with Gasteiger partial charge in [0, 0.05) is 6.92 Å². The molecule has 0 amide bonds. The highest BCUT2D eigenvalue weighted by Crippen LogP contribution is 1.97. The topological polar surface area (TPSA) is 43.4 Å². The molecule has 78 valence electrons. The number of aldehydes is 1. The summed E-state index contributed by atoms with van der Waals surface area (Å²) in [5.41, 5.74) is 0. The second kappa shape index (κ2) is 9.71. The van der Waals surface area contributed by atoms with E-state index < -0.39 is 0 Å². The van der Waals surface area contributed by atoms with Crippen LogP contribution in [0.4, 0.5) is 0 Å². The Hall–Kier alpha value is -1.38. The van der Waals surface area contributed by atoms with Crippen molar-refractivity contribution in [3.8, 4) is 0 Å². The minimum Gasteiger partial charge on any atom is -0.462 e. The minimum atomic E-state index is -0.261. The minimum absolute atomic E-state index is 0.261. The van der Waals surface area contributed by atoms with Crippen molar-refractivity contribution in [2.45, 2.75) is 26.2 Å². The summed E-state index contributed by atoms with van der Waals surface area (Å²) in [6.45, 7) is 1.73. The van der Waals surface area contributed by atoms with E-state index in [0.717, 1.165) is 25.5 Å². The van der Waals surface area contributed by atoms with E-state index >= 15 is 0 Å². The predicted octanol–water partition coefficient (Wildman–Crippen LogP) is 2.03. The lowest BCUT2D eigenvalue weighted by Crippen LogP contribution is -1.97. The van der Waals surface area contributed by atoms with Crippen molar-refractivity contribution in [3.63, 3.8) is 0 Å². The van der Waals surface area contributed by atoms with Gasteiger partial charge in [-0.3, -0.25) is 9.59 Å². The van der Waals surface area contributed by atoms with E-state index in [1.165, 1.54) is 13.0 Å². The first-order valence-corrected chi connectivity index (χ1v) is 4.66. The lowest BCUT2D eigenvalue weighted by molar-refractivity contribution is -0.139. The summed E-state index contributed by atoms with van der Waals surface area (Å²) in [5.74, 6) is -0.261. The highest BCUT2D eigenvalue weighted by molar-refractivity contribution is 5.66. The average molecular weight is 196 g/mol. The van der Waals surface area contributed by atoms with Crippen LogP contribution in [0.5, 0.6) is 0 Å². The summed E-state index contributed by atoms with van der Waals surface area (Å²) in [6.07, 6.45) is 10.7. The molecule has 0 spiro atoms. The lowest BCUT2D eigenvalue weighted by Gasteiger charge is -1.94. The SMILES string of the molecule is CC(=O)OC/C=C/CCC/C=C/C=O. The van der Waals surface area contributed by atoms with E-state index in [2.05, 4.69) is 0 Å². The second-order valence-electron chi connectivity index (χ2n) is 2.77. The van der Waals surface area contributed by atoms with Crippen molar-refractivity contribution in [1.82, 2.24) is 0 Å².